The third-order valence-corrected chi connectivity index (χ3v) is 7.22. The largest absolute Gasteiger partial charge is 0.374 e. The average Bonchev–Trinajstić information content (AvgIpc) is 3.54. The maximum Gasteiger partial charge on any atom is 0.250 e. The number of halogens is 2. The van der Waals surface area contributed by atoms with E-state index in [0.717, 1.165) is 16.8 Å². The van der Waals surface area contributed by atoms with Crippen LogP contribution in [0.3, 0.4) is 0 Å². The summed E-state index contributed by atoms with van der Waals surface area (Å²) in [6, 6.07) is 20.4. The van der Waals surface area contributed by atoms with Crippen molar-refractivity contribution in [3.63, 3.8) is 0 Å². The number of aromatic nitrogens is 6. The fourth-order valence-electron chi connectivity index (χ4n) is 4.98. The second-order valence-electron chi connectivity index (χ2n) is 8.82. The van der Waals surface area contributed by atoms with E-state index in [-0.39, 0.29) is 6.04 Å². The summed E-state index contributed by atoms with van der Waals surface area (Å²) in [6.45, 7) is 0. The normalized spacial score (nSPS) is 16.4. The molecule has 36 heavy (non-hydrogen) atoms. The van der Waals surface area contributed by atoms with E-state index in [1.807, 2.05) is 78.2 Å². The van der Waals surface area contributed by atoms with E-state index in [0.29, 0.717) is 32.8 Å². The van der Waals surface area contributed by atoms with Crippen molar-refractivity contribution in [2.75, 3.05) is 11.9 Å². The van der Waals surface area contributed by atoms with Crippen molar-refractivity contribution in [1.29, 1.82) is 0 Å². The van der Waals surface area contributed by atoms with Crippen LogP contribution < -0.4 is 4.90 Å². The molecular weight excluding hydrogens is 497 g/mol. The molecule has 0 aliphatic carbocycles. The molecule has 1 N–H and O–H groups in total. The van der Waals surface area contributed by atoms with Crippen molar-refractivity contribution < 1.29 is 5.11 Å². The van der Waals surface area contributed by atoms with Gasteiger partial charge in [-0.3, -0.25) is 0 Å². The highest BCUT2D eigenvalue weighted by Gasteiger charge is 2.39. The molecule has 2 atom stereocenters. The van der Waals surface area contributed by atoms with Gasteiger partial charge in [-0.1, -0.05) is 58.6 Å². The zero-order valence-electron chi connectivity index (χ0n) is 19.4. The van der Waals surface area contributed by atoms with Crippen molar-refractivity contribution in [1.82, 2.24) is 29.8 Å². The summed E-state index contributed by atoms with van der Waals surface area (Å²) in [4.78, 5) is 6.21. The first-order valence-electron chi connectivity index (χ1n) is 11.2. The molecule has 0 saturated heterocycles. The lowest BCUT2D eigenvalue weighted by Crippen LogP contribution is -2.33. The number of anilines is 2. The minimum absolute atomic E-state index is 0.346. The van der Waals surface area contributed by atoms with Crippen LogP contribution in [0.15, 0.2) is 79.3 Å². The van der Waals surface area contributed by atoms with Crippen LogP contribution in [0.1, 0.15) is 34.0 Å². The van der Waals surface area contributed by atoms with Crippen LogP contribution in [0, 0.1) is 0 Å². The molecule has 3 aromatic carbocycles. The molecule has 0 fully saturated rings. The van der Waals surface area contributed by atoms with Gasteiger partial charge >= 0.3 is 0 Å². The number of imidazole rings is 1. The minimum Gasteiger partial charge on any atom is -0.374 e. The maximum absolute atomic E-state index is 12.4. The van der Waals surface area contributed by atoms with Gasteiger partial charge in [-0.15, -0.1) is 0 Å². The molecule has 0 amide bonds. The SMILES string of the molecule is CN1c2ccc(C(O)(c3ccc(Cl)cc3)c3cncn3C)cc2C(c2cccc(Cl)c2)n2nnnc21. The summed E-state index contributed by atoms with van der Waals surface area (Å²) in [5, 5.41) is 26.1. The zero-order chi connectivity index (χ0) is 25.0. The molecule has 2 unspecified atom stereocenters. The van der Waals surface area contributed by atoms with E-state index >= 15 is 0 Å². The highest BCUT2D eigenvalue weighted by molar-refractivity contribution is 6.30. The summed E-state index contributed by atoms with van der Waals surface area (Å²) >= 11 is 12.5. The number of fused-ring (bicyclic) bond motifs is 2. The smallest absolute Gasteiger partial charge is 0.250 e. The lowest BCUT2D eigenvalue weighted by molar-refractivity contribution is 0.117. The maximum atomic E-state index is 12.4. The molecule has 3 heterocycles. The van der Waals surface area contributed by atoms with Crippen molar-refractivity contribution >= 4 is 34.8 Å². The topological polar surface area (TPSA) is 84.9 Å². The fourth-order valence-corrected chi connectivity index (χ4v) is 5.30. The number of benzene rings is 3. The van der Waals surface area contributed by atoms with E-state index < -0.39 is 5.60 Å². The van der Waals surface area contributed by atoms with Gasteiger partial charge in [0.15, 0.2) is 5.60 Å². The number of aliphatic hydroxyl groups is 1. The molecule has 2 aromatic heterocycles. The van der Waals surface area contributed by atoms with E-state index in [1.165, 1.54) is 0 Å². The van der Waals surface area contributed by atoms with Crippen LogP contribution in [0.2, 0.25) is 10.0 Å². The summed E-state index contributed by atoms with van der Waals surface area (Å²) in [5.41, 5.74) is 3.24. The Morgan fingerprint density at radius 2 is 1.69 bits per heavy atom. The highest BCUT2D eigenvalue weighted by Crippen LogP contribution is 2.45. The van der Waals surface area contributed by atoms with Crippen LogP contribution in [0.25, 0.3) is 0 Å². The van der Waals surface area contributed by atoms with E-state index in [1.54, 1.807) is 29.3 Å². The van der Waals surface area contributed by atoms with Crippen LogP contribution in [-0.4, -0.2) is 41.9 Å². The number of aryl methyl sites for hydroxylation is 1. The third-order valence-electron chi connectivity index (χ3n) is 6.74. The Morgan fingerprint density at radius 1 is 0.917 bits per heavy atom. The molecule has 0 radical (unpaired) electrons. The first-order valence-corrected chi connectivity index (χ1v) is 12.0. The summed E-state index contributed by atoms with van der Waals surface area (Å²) < 4.78 is 3.58. The number of tetrazole rings is 1. The number of rotatable bonds is 4. The van der Waals surface area contributed by atoms with Gasteiger partial charge in [0.05, 0.1) is 18.2 Å². The third kappa shape index (κ3) is 3.41. The number of hydrogen-bond acceptors (Lipinski definition) is 6. The van der Waals surface area contributed by atoms with Crippen LogP contribution in [0.5, 0.6) is 0 Å². The van der Waals surface area contributed by atoms with Crippen molar-refractivity contribution in [2.45, 2.75) is 11.6 Å². The van der Waals surface area contributed by atoms with Crippen LogP contribution in [0.4, 0.5) is 11.6 Å². The van der Waals surface area contributed by atoms with Gasteiger partial charge < -0.3 is 14.6 Å². The Hall–Kier alpha value is -3.72. The molecule has 10 heteroatoms. The molecule has 0 bridgehead atoms. The Balaban J connectivity index is 1.61. The predicted octanol–water partition coefficient (Wildman–Crippen LogP) is 4.72. The summed E-state index contributed by atoms with van der Waals surface area (Å²) in [7, 11) is 3.78. The van der Waals surface area contributed by atoms with Gasteiger partial charge in [0.2, 0.25) is 0 Å². The second-order valence-corrected chi connectivity index (χ2v) is 9.69. The van der Waals surface area contributed by atoms with E-state index in [4.69, 9.17) is 23.2 Å². The average molecular weight is 518 g/mol. The molecule has 0 spiro atoms. The molecule has 180 valence electrons. The lowest BCUT2D eigenvalue weighted by Gasteiger charge is -2.35. The standard InChI is InChI=1S/C26H21Cl2N7O/c1-33-15-29-14-23(33)26(36,17-6-9-19(27)10-7-17)18-8-11-22-21(13-18)24(16-4-3-5-20(28)12-16)35-25(34(22)2)30-31-32-35/h3-15,24,36H,1-2H3. The number of nitrogens with zero attached hydrogens (tertiary/aromatic N) is 7. The molecular formula is C26H21Cl2N7O. The number of hydrogen-bond donors (Lipinski definition) is 1. The fraction of sp³-hybridized carbons (Fsp3) is 0.154. The van der Waals surface area contributed by atoms with E-state index in [9.17, 15) is 5.11 Å². The lowest BCUT2D eigenvalue weighted by atomic mass is 9.81. The quantitative estimate of drug-likeness (QED) is 0.371. The van der Waals surface area contributed by atoms with Gasteiger partial charge in [0.25, 0.3) is 5.95 Å². The summed E-state index contributed by atoms with van der Waals surface area (Å²) in [6.07, 6.45) is 3.35. The zero-order valence-corrected chi connectivity index (χ0v) is 20.9. The van der Waals surface area contributed by atoms with Crippen LogP contribution >= 0.6 is 23.2 Å². The van der Waals surface area contributed by atoms with Gasteiger partial charge in [-0.25, -0.2) is 4.98 Å². The molecule has 5 aromatic rings. The van der Waals surface area contributed by atoms with E-state index in [2.05, 4.69) is 20.5 Å². The van der Waals surface area contributed by atoms with Gasteiger partial charge in [0.1, 0.15) is 6.04 Å². The van der Waals surface area contributed by atoms with Gasteiger partial charge in [0, 0.05) is 35.4 Å². The first kappa shape index (κ1) is 22.7. The molecule has 1 aliphatic heterocycles. The Morgan fingerprint density at radius 3 is 2.42 bits per heavy atom. The molecule has 6 rings (SSSR count). The minimum atomic E-state index is -1.50. The summed E-state index contributed by atoms with van der Waals surface area (Å²) in [5.74, 6) is 0.611. The van der Waals surface area contributed by atoms with Gasteiger partial charge in [-0.2, -0.15) is 4.68 Å². The van der Waals surface area contributed by atoms with Crippen molar-refractivity contribution in [2.24, 2.45) is 7.05 Å². The Kier molecular flexibility index (Phi) is 5.33. The van der Waals surface area contributed by atoms with Gasteiger partial charge in [-0.05, 0) is 63.5 Å². The highest BCUT2D eigenvalue weighted by atomic mass is 35.5. The Labute approximate surface area is 217 Å². The monoisotopic (exact) mass is 517 g/mol. The van der Waals surface area contributed by atoms with Crippen molar-refractivity contribution in [3.05, 3.63) is 117 Å². The van der Waals surface area contributed by atoms with Crippen molar-refractivity contribution in [3.8, 4) is 0 Å². The molecule has 8 nitrogen and oxygen atoms in total. The second kappa shape index (κ2) is 8.44. The first-order chi connectivity index (χ1) is 17.4. The predicted molar refractivity (Wildman–Crippen MR) is 138 cm³/mol. The molecule has 1 aliphatic rings. The molecule has 0 saturated carbocycles. The Bertz CT molecular complexity index is 1580. The van der Waals surface area contributed by atoms with Crippen LogP contribution in [-0.2, 0) is 12.6 Å².